The molecule has 0 fully saturated rings. The summed E-state index contributed by atoms with van der Waals surface area (Å²) in [6, 6.07) is 8.03. The van der Waals surface area contributed by atoms with Crippen LogP contribution in [-0.4, -0.2) is 17.0 Å². The highest BCUT2D eigenvalue weighted by Crippen LogP contribution is 2.25. The Morgan fingerprint density at radius 2 is 1.86 bits per heavy atom. The summed E-state index contributed by atoms with van der Waals surface area (Å²) in [5.74, 6) is -2.74. The molecule has 4 N–H and O–H groups in total. The van der Waals surface area contributed by atoms with Gasteiger partial charge in [-0.15, -0.1) is 0 Å². The van der Waals surface area contributed by atoms with E-state index in [0.717, 1.165) is 6.07 Å². The van der Waals surface area contributed by atoms with Crippen molar-refractivity contribution in [2.24, 2.45) is 0 Å². The SMILES string of the molecule is Nc1c(F)cccc1C(=O)Nc1cccc(Cl)c1C(=O)O. The normalized spacial score (nSPS) is 10.2. The van der Waals surface area contributed by atoms with Gasteiger partial charge in [0.05, 0.1) is 22.0 Å². The summed E-state index contributed by atoms with van der Waals surface area (Å²) in [5.41, 5.74) is 4.84. The maximum absolute atomic E-state index is 13.3. The van der Waals surface area contributed by atoms with Crippen LogP contribution in [0.25, 0.3) is 0 Å². The van der Waals surface area contributed by atoms with Crippen molar-refractivity contribution >= 4 is 34.9 Å². The van der Waals surface area contributed by atoms with Crippen LogP contribution >= 0.6 is 11.6 Å². The number of carboxylic acids is 1. The number of carbonyl (C=O) groups excluding carboxylic acids is 1. The maximum Gasteiger partial charge on any atom is 0.339 e. The standard InChI is InChI=1S/C14H10ClFN2O3/c15-8-4-2-6-10(11(8)14(20)21)18-13(19)7-3-1-5-9(16)12(7)17/h1-6H,17H2,(H,18,19)(H,20,21). The summed E-state index contributed by atoms with van der Waals surface area (Å²) in [7, 11) is 0. The summed E-state index contributed by atoms with van der Waals surface area (Å²) in [6.45, 7) is 0. The Kier molecular flexibility index (Phi) is 4.09. The molecule has 2 aromatic carbocycles. The minimum Gasteiger partial charge on any atom is -0.478 e. The fourth-order valence-electron chi connectivity index (χ4n) is 1.77. The molecule has 0 radical (unpaired) electrons. The van der Waals surface area contributed by atoms with Gasteiger partial charge in [-0.1, -0.05) is 23.7 Å². The Morgan fingerprint density at radius 1 is 1.19 bits per heavy atom. The molecular formula is C14H10ClFN2O3. The van der Waals surface area contributed by atoms with E-state index in [4.69, 9.17) is 22.4 Å². The average molecular weight is 309 g/mol. The molecule has 0 aliphatic rings. The van der Waals surface area contributed by atoms with Gasteiger partial charge >= 0.3 is 5.97 Å². The van der Waals surface area contributed by atoms with Crippen LogP contribution in [0.15, 0.2) is 36.4 Å². The highest BCUT2D eigenvalue weighted by atomic mass is 35.5. The first-order chi connectivity index (χ1) is 9.91. The fraction of sp³-hybridized carbons (Fsp3) is 0. The molecule has 0 aromatic heterocycles. The van der Waals surface area contributed by atoms with Crippen LogP contribution in [-0.2, 0) is 0 Å². The molecule has 0 spiro atoms. The largest absolute Gasteiger partial charge is 0.478 e. The third-order valence-corrected chi connectivity index (χ3v) is 3.09. The molecule has 7 heteroatoms. The van der Waals surface area contributed by atoms with Crippen LogP contribution in [0.4, 0.5) is 15.8 Å². The number of nitrogen functional groups attached to an aromatic ring is 1. The smallest absolute Gasteiger partial charge is 0.339 e. The van der Waals surface area contributed by atoms with Gasteiger partial charge in [0.25, 0.3) is 5.91 Å². The number of aromatic carboxylic acids is 1. The van der Waals surface area contributed by atoms with E-state index in [2.05, 4.69) is 5.32 Å². The second kappa shape index (κ2) is 5.80. The van der Waals surface area contributed by atoms with E-state index in [1.165, 1.54) is 30.3 Å². The Labute approximate surface area is 124 Å². The molecule has 0 saturated heterocycles. The summed E-state index contributed by atoms with van der Waals surface area (Å²) in [5, 5.41) is 11.5. The van der Waals surface area contributed by atoms with Crippen molar-refractivity contribution < 1.29 is 19.1 Å². The Balaban J connectivity index is 2.39. The van der Waals surface area contributed by atoms with E-state index in [-0.39, 0.29) is 27.5 Å². The lowest BCUT2D eigenvalue weighted by Gasteiger charge is -2.11. The first-order valence-electron chi connectivity index (χ1n) is 5.79. The second-order valence-corrected chi connectivity index (χ2v) is 4.53. The number of nitrogens with one attached hydrogen (secondary N) is 1. The molecule has 0 aliphatic carbocycles. The molecule has 2 aromatic rings. The van der Waals surface area contributed by atoms with Gasteiger partial charge in [-0.05, 0) is 24.3 Å². The summed E-state index contributed by atoms with van der Waals surface area (Å²) in [6.07, 6.45) is 0. The molecular weight excluding hydrogens is 299 g/mol. The van der Waals surface area contributed by atoms with Crippen molar-refractivity contribution in [1.82, 2.24) is 0 Å². The van der Waals surface area contributed by atoms with Gasteiger partial charge in [-0.25, -0.2) is 9.18 Å². The van der Waals surface area contributed by atoms with Gasteiger partial charge in [0.1, 0.15) is 11.4 Å². The zero-order valence-corrected chi connectivity index (χ0v) is 11.3. The number of amides is 1. The molecule has 0 bridgehead atoms. The first kappa shape index (κ1) is 14.8. The maximum atomic E-state index is 13.3. The highest BCUT2D eigenvalue weighted by molar-refractivity contribution is 6.34. The molecule has 108 valence electrons. The number of anilines is 2. The lowest BCUT2D eigenvalue weighted by molar-refractivity contribution is 0.0698. The number of carbonyl (C=O) groups is 2. The summed E-state index contributed by atoms with van der Waals surface area (Å²) in [4.78, 5) is 23.2. The van der Waals surface area contributed by atoms with E-state index in [0.29, 0.717) is 0 Å². The van der Waals surface area contributed by atoms with E-state index in [9.17, 15) is 14.0 Å². The third kappa shape index (κ3) is 2.95. The van der Waals surface area contributed by atoms with Gasteiger partial charge in [-0.2, -0.15) is 0 Å². The molecule has 2 rings (SSSR count). The van der Waals surface area contributed by atoms with Gasteiger partial charge in [0.15, 0.2) is 0 Å². The molecule has 21 heavy (non-hydrogen) atoms. The van der Waals surface area contributed by atoms with Crippen molar-refractivity contribution in [3.05, 3.63) is 58.4 Å². The van der Waals surface area contributed by atoms with Crippen LogP contribution in [0.2, 0.25) is 5.02 Å². The summed E-state index contributed by atoms with van der Waals surface area (Å²) >= 11 is 5.79. The predicted molar refractivity (Wildman–Crippen MR) is 77.2 cm³/mol. The highest BCUT2D eigenvalue weighted by Gasteiger charge is 2.18. The van der Waals surface area contributed by atoms with Crippen molar-refractivity contribution in [3.63, 3.8) is 0 Å². The second-order valence-electron chi connectivity index (χ2n) is 4.12. The van der Waals surface area contributed by atoms with Gasteiger partial charge in [-0.3, -0.25) is 4.79 Å². The van der Waals surface area contributed by atoms with E-state index >= 15 is 0 Å². The van der Waals surface area contributed by atoms with E-state index in [1.54, 1.807) is 0 Å². The van der Waals surface area contributed by atoms with Crippen molar-refractivity contribution in [2.75, 3.05) is 11.1 Å². The van der Waals surface area contributed by atoms with Crippen molar-refractivity contribution in [1.29, 1.82) is 0 Å². The van der Waals surface area contributed by atoms with E-state index < -0.39 is 17.7 Å². The van der Waals surface area contributed by atoms with Crippen molar-refractivity contribution in [2.45, 2.75) is 0 Å². The quantitative estimate of drug-likeness (QED) is 0.760. The molecule has 0 saturated carbocycles. The Bertz CT molecular complexity index is 734. The first-order valence-corrected chi connectivity index (χ1v) is 6.16. The number of hydrogen-bond donors (Lipinski definition) is 3. The average Bonchev–Trinajstić information content (AvgIpc) is 2.41. The third-order valence-electron chi connectivity index (χ3n) is 2.77. The number of hydrogen-bond acceptors (Lipinski definition) is 3. The number of rotatable bonds is 3. The number of halogens is 2. The molecule has 0 atom stereocenters. The topological polar surface area (TPSA) is 92.4 Å². The molecule has 0 aliphatic heterocycles. The monoisotopic (exact) mass is 308 g/mol. The van der Waals surface area contributed by atoms with Crippen LogP contribution in [0.3, 0.4) is 0 Å². The summed E-state index contributed by atoms with van der Waals surface area (Å²) < 4.78 is 13.3. The Hall–Kier alpha value is -2.60. The van der Waals surface area contributed by atoms with Crippen molar-refractivity contribution in [3.8, 4) is 0 Å². The minimum atomic E-state index is -1.29. The van der Waals surface area contributed by atoms with Gasteiger partial charge in [0.2, 0.25) is 0 Å². The number of nitrogens with two attached hydrogens (primary N) is 1. The van der Waals surface area contributed by atoms with Gasteiger partial charge in [0, 0.05) is 0 Å². The predicted octanol–water partition coefficient (Wildman–Crippen LogP) is 3.01. The lowest BCUT2D eigenvalue weighted by Crippen LogP contribution is -2.17. The fourth-order valence-corrected chi connectivity index (χ4v) is 2.03. The number of para-hydroxylation sites is 1. The lowest BCUT2D eigenvalue weighted by atomic mass is 10.1. The van der Waals surface area contributed by atoms with Crippen LogP contribution in [0, 0.1) is 5.82 Å². The molecule has 0 heterocycles. The van der Waals surface area contributed by atoms with Gasteiger partial charge < -0.3 is 16.2 Å². The number of benzene rings is 2. The molecule has 0 unspecified atom stereocenters. The van der Waals surface area contributed by atoms with Crippen LogP contribution < -0.4 is 11.1 Å². The minimum absolute atomic E-state index is 0.00339. The zero-order chi connectivity index (χ0) is 15.6. The van der Waals surface area contributed by atoms with E-state index in [1.807, 2.05) is 0 Å². The van der Waals surface area contributed by atoms with Crippen LogP contribution in [0.5, 0.6) is 0 Å². The molecule has 5 nitrogen and oxygen atoms in total. The zero-order valence-electron chi connectivity index (χ0n) is 10.6. The van der Waals surface area contributed by atoms with Crippen LogP contribution in [0.1, 0.15) is 20.7 Å². The number of carboxylic acid groups (broad SMARTS) is 1. The molecule has 1 amide bonds. The Morgan fingerprint density at radius 3 is 2.52 bits per heavy atom.